The van der Waals surface area contributed by atoms with E-state index < -0.39 is 5.54 Å². The highest BCUT2D eigenvalue weighted by atomic mass is 32.1. The number of amidine groups is 1. The number of nitrogens with one attached hydrogen (secondary N) is 2. The molecular weight excluding hydrogens is 436 g/mol. The average Bonchev–Trinajstić information content (AvgIpc) is 3.17. The minimum Gasteiger partial charge on any atom is -0.353 e. The van der Waals surface area contributed by atoms with E-state index in [-0.39, 0.29) is 11.9 Å². The molecule has 2 saturated heterocycles. The van der Waals surface area contributed by atoms with Crippen LogP contribution in [-0.2, 0) is 4.79 Å². The van der Waals surface area contributed by atoms with Crippen LogP contribution in [0.4, 0.5) is 21.2 Å². The van der Waals surface area contributed by atoms with Crippen LogP contribution in [0, 0.1) is 6.92 Å². The number of nitrogens with zero attached hydrogens (tertiary/aromatic N) is 4. The van der Waals surface area contributed by atoms with Gasteiger partial charge in [-0.25, -0.2) is 9.79 Å². The van der Waals surface area contributed by atoms with Crippen molar-refractivity contribution in [3.05, 3.63) is 40.8 Å². The van der Waals surface area contributed by atoms with E-state index in [0.29, 0.717) is 6.54 Å². The maximum atomic E-state index is 12.4. The molecule has 8 nitrogen and oxygen atoms in total. The first kappa shape index (κ1) is 21.9. The fraction of sp³-hybridized carbons (Fsp3) is 0.458. The van der Waals surface area contributed by atoms with E-state index in [1.807, 2.05) is 12.1 Å². The average molecular weight is 467 g/mol. The van der Waals surface area contributed by atoms with Crippen LogP contribution in [0.3, 0.4) is 0 Å². The van der Waals surface area contributed by atoms with Crippen LogP contribution < -0.4 is 10.6 Å². The molecule has 3 amide bonds. The van der Waals surface area contributed by atoms with Crippen molar-refractivity contribution in [3.63, 3.8) is 0 Å². The van der Waals surface area contributed by atoms with E-state index in [2.05, 4.69) is 45.6 Å². The predicted octanol–water partition coefficient (Wildman–Crippen LogP) is 3.53. The summed E-state index contributed by atoms with van der Waals surface area (Å²) in [6, 6.07) is 10.1. The molecule has 4 heterocycles. The molecule has 2 aromatic rings. The van der Waals surface area contributed by atoms with Crippen LogP contribution in [0.2, 0.25) is 0 Å². The Hall–Kier alpha value is -2.91. The SMILES string of the molecule is Cc1cc2c(s1)Nc1ccccc1N=C2N1CCN(CCCN2C(=O)NC(C)(C)C2=O)CC1. The monoisotopic (exact) mass is 466 g/mol. The molecule has 5 rings (SSSR count). The van der Waals surface area contributed by atoms with Gasteiger partial charge in [0.05, 0.1) is 16.9 Å². The van der Waals surface area contributed by atoms with Crippen molar-refractivity contribution in [2.24, 2.45) is 4.99 Å². The number of amides is 3. The van der Waals surface area contributed by atoms with Crippen molar-refractivity contribution < 1.29 is 9.59 Å². The lowest BCUT2D eigenvalue weighted by Crippen LogP contribution is -2.49. The number of imide groups is 1. The number of piperazine rings is 1. The normalized spacial score (nSPS) is 20.0. The Morgan fingerprint density at radius 3 is 2.58 bits per heavy atom. The summed E-state index contributed by atoms with van der Waals surface area (Å²) in [5, 5.41) is 7.46. The van der Waals surface area contributed by atoms with Gasteiger partial charge in [0.15, 0.2) is 0 Å². The zero-order valence-electron chi connectivity index (χ0n) is 19.4. The zero-order chi connectivity index (χ0) is 23.2. The molecule has 0 atom stereocenters. The molecule has 9 heteroatoms. The van der Waals surface area contributed by atoms with E-state index in [1.54, 1.807) is 25.2 Å². The quantitative estimate of drug-likeness (QED) is 0.674. The first-order valence-corrected chi connectivity index (χ1v) is 12.3. The van der Waals surface area contributed by atoms with Gasteiger partial charge in [-0.05, 0) is 51.9 Å². The van der Waals surface area contributed by atoms with Gasteiger partial charge in [0.1, 0.15) is 16.4 Å². The molecule has 1 aromatic heterocycles. The molecule has 1 aromatic carbocycles. The summed E-state index contributed by atoms with van der Waals surface area (Å²) < 4.78 is 0. The maximum Gasteiger partial charge on any atom is 0.325 e. The first-order chi connectivity index (χ1) is 15.8. The Morgan fingerprint density at radius 2 is 1.85 bits per heavy atom. The molecule has 3 aliphatic rings. The Bertz CT molecular complexity index is 1120. The second-order valence-electron chi connectivity index (χ2n) is 9.37. The third-order valence-electron chi connectivity index (χ3n) is 6.45. The van der Waals surface area contributed by atoms with Gasteiger partial charge >= 0.3 is 6.03 Å². The summed E-state index contributed by atoms with van der Waals surface area (Å²) in [6.07, 6.45) is 0.779. The molecule has 0 saturated carbocycles. The molecule has 3 aliphatic heterocycles. The van der Waals surface area contributed by atoms with Gasteiger partial charge in [-0.2, -0.15) is 0 Å². The van der Waals surface area contributed by atoms with Crippen molar-refractivity contribution in [2.75, 3.05) is 44.6 Å². The molecule has 0 unspecified atom stereocenters. The fourth-order valence-corrected chi connectivity index (χ4v) is 5.56. The summed E-state index contributed by atoms with van der Waals surface area (Å²) >= 11 is 1.76. The number of carbonyl (C=O) groups is 2. The number of anilines is 2. The van der Waals surface area contributed by atoms with Gasteiger partial charge in [-0.15, -0.1) is 11.3 Å². The Balaban J connectivity index is 1.22. The Morgan fingerprint density at radius 1 is 1.09 bits per heavy atom. The third-order valence-corrected chi connectivity index (χ3v) is 7.41. The zero-order valence-corrected chi connectivity index (χ0v) is 20.2. The van der Waals surface area contributed by atoms with Crippen LogP contribution in [0.5, 0.6) is 0 Å². The standard InChI is InChI=1S/C24H30N6O2S/c1-16-15-17-20(25-18-7-4-5-8-19(18)26-21(17)33-16)29-13-11-28(12-14-29)9-6-10-30-22(31)24(2,3)27-23(30)32/h4-5,7-8,15,26H,6,9-14H2,1-3H3,(H,27,32). The number of benzene rings is 1. The summed E-state index contributed by atoms with van der Waals surface area (Å²) in [5.41, 5.74) is 2.38. The second kappa shape index (κ2) is 8.46. The van der Waals surface area contributed by atoms with Crippen LogP contribution in [0.15, 0.2) is 35.3 Å². The van der Waals surface area contributed by atoms with Crippen molar-refractivity contribution >= 4 is 45.5 Å². The van der Waals surface area contributed by atoms with Gasteiger partial charge in [-0.1, -0.05) is 12.1 Å². The topological polar surface area (TPSA) is 80.3 Å². The van der Waals surface area contributed by atoms with Crippen LogP contribution in [-0.4, -0.2) is 77.3 Å². The lowest BCUT2D eigenvalue weighted by Gasteiger charge is -2.36. The van der Waals surface area contributed by atoms with Crippen LogP contribution >= 0.6 is 11.3 Å². The van der Waals surface area contributed by atoms with E-state index in [1.165, 1.54) is 15.3 Å². The largest absolute Gasteiger partial charge is 0.353 e. The number of carbonyl (C=O) groups excluding carboxylic acids is 2. The molecule has 174 valence electrons. The number of para-hydroxylation sites is 2. The minimum atomic E-state index is -0.797. The summed E-state index contributed by atoms with van der Waals surface area (Å²) in [6.45, 7) is 10.6. The number of aliphatic imine (C=N–C) groups is 1. The van der Waals surface area contributed by atoms with E-state index >= 15 is 0 Å². The summed E-state index contributed by atoms with van der Waals surface area (Å²) in [7, 11) is 0. The lowest BCUT2D eigenvalue weighted by molar-refractivity contribution is -0.130. The molecule has 2 fully saturated rings. The number of thiophene rings is 1. The highest BCUT2D eigenvalue weighted by Crippen LogP contribution is 2.39. The number of hydrogen-bond acceptors (Lipinski definition) is 7. The van der Waals surface area contributed by atoms with Crippen molar-refractivity contribution in [1.29, 1.82) is 0 Å². The molecule has 0 spiro atoms. The minimum absolute atomic E-state index is 0.139. The van der Waals surface area contributed by atoms with Crippen molar-refractivity contribution in [3.8, 4) is 0 Å². The highest BCUT2D eigenvalue weighted by Gasteiger charge is 2.43. The molecule has 0 radical (unpaired) electrons. The van der Waals surface area contributed by atoms with Gasteiger partial charge < -0.3 is 15.5 Å². The second-order valence-corrected chi connectivity index (χ2v) is 10.6. The van der Waals surface area contributed by atoms with Crippen molar-refractivity contribution in [2.45, 2.75) is 32.7 Å². The first-order valence-electron chi connectivity index (χ1n) is 11.5. The summed E-state index contributed by atoms with van der Waals surface area (Å²) in [4.78, 5) is 36.9. The summed E-state index contributed by atoms with van der Waals surface area (Å²) in [5.74, 6) is 0.896. The predicted molar refractivity (Wildman–Crippen MR) is 132 cm³/mol. The Labute approximate surface area is 198 Å². The number of aryl methyl sites for hydroxylation is 1. The number of hydrogen-bond donors (Lipinski definition) is 2. The van der Waals surface area contributed by atoms with Gasteiger partial charge in [0, 0.05) is 37.6 Å². The molecule has 2 N–H and O–H groups in total. The smallest absolute Gasteiger partial charge is 0.325 e. The number of fused-ring (bicyclic) bond motifs is 2. The van der Waals surface area contributed by atoms with E-state index in [4.69, 9.17) is 4.99 Å². The van der Waals surface area contributed by atoms with Gasteiger partial charge in [-0.3, -0.25) is 14.6 Å². The molecule has 33 heavy (non-hydrogen) atoms. The van der Waals surface area contributed by atoms with Crippen LogP contribution in [0.25, 0.3) is 0 Å². The van der Waals surface area contributed by atoms with Crippen LogP contribution in [0.1, 0.15) is 30.7 Å². The van der Waals surface area contributed by atoms with E-state index in [9.17, 15) is 9.59 Å². The molecule has 0 bridgehead atoms. The lowest BCUT2D eigenvalue weighted by atomic mass is 10.1. The van der Waals surface area contributed by atoms with E-state index in [0.717, 1.165) is 61.4 Å². The molecular formula is C24H30N6O2S. The van der Waals surface area contributed by atoms with Crippen molar-refractivity contribution in [1.82, 2.24) is 20.0 Å². The number of rotatable bonds is 4. The maximum absolute atomic E-state index is 12.4. The van der Waals surface area contributed by atoms with Gasteiger partial charge in [0.2, 0.25) is 0 Å². The third kappa shape index (κ3) is 4.22. The highest BCUT2D eigenvalue weighted by molar-refractivity contribution is 7.16. The number of urea groups is 1. The fourth-order valence-electron chi connectivity index (χ4n) is 4.64. The van der Waals surface area contributed by atoms with Gasteiger partial charge in [0.25, 0.3) is 5.91 Å². The Kier molecular flexibility index (Phi) is 5.62. The molecule has 0 aliphatic carbocycles.